The maximum absolute atomic E-state index is 5.84. The molecule has 0 aliphatic carbocycles. The standard InChI is InChI=1S/C8H9BrN4/c1-2-5-8(10)13-7(11-5)4-3-6(9)12-13/h3-4H,2,10H2,1H3. The van der Waals surface area contributed by atoms with Gasteiger partial charge in [-0.25, -0.2) is 4.98 Å². The Kier molecular flexibility index (Phi) is 1.95. The Bertz CT molecular complexity index is 449. The fourth-order valence-electron chi connectivity index (χ4n) is 1.23. The quantitative estimate of drug-likeness (QED) is 0.825. The zero-order valence-electron chi connectivity index (χ0n) is 7.16. The molecule has 0 aliphatic heterocycles. The van der Waals surface area contributed by atoms with Crippen LogP contribution in [0.3, 0.4) is 0 Å². The third kappa shape index (κ3) is 1.29. The van der Waals surface area contributed by atoms with E-state index in [4.69, 9.17) is 5.73 Å². The fraction of sp³-hybridized carbons (Fsp3) is 0.250. The molecule has 2 rings (SSSR count). The van der Waals surface area contributed by atoms with Crippen molar-refractivity contribution in [3.8, 4) is 0 Å². The van der Waals surface area contributed by atoms with Gasteiger partial charge in [0.25, 0.3) is 0 Å². The second-order valence-electron chi connectivity index (χ2n) is 2.72. The predicted molar refractivity (Wildman–Crippen MR) is 54.5 cm³/mol. The van der Waals surface area contributed by atoms with Gasteiger partial charge in [-0.05, 0) is 34.5 Å². The number of aromatic nitrogens is 3. The zero-order chi connectivity index (χ0) is 9.42. The third-order valence-corrected chi connectivity index (χ3v) is 2.31. The van der Waals surface area contributed by atoms with E-state index >= 15 is 0 Å². The number of fused-ring (bicyclic) bond motifs is 1. The molecule has 0 unspecified atom stereocenters. The number of nitrogen functional groups attached to an aromatic ring is 1. The van der Waals surface area contributed by atoms with E-state index in [1.165, 1.54) is 0 Å². The second-order valence-corrected chi connectivity index (χ2v) is 3.54. The molecule has 0 aromatic carbocycles. The Balaban J connectivity index is 2.77. The Hall–Kier alpha value is -1.10. The van der Waals surface area contributed by atoms with Crippen LogP contribution in [0.15, 0.2) is 16.7 Å². The number of anilines is 1. The van der Waals surface area contributed by atoms with Crippen LogP contribution >= 0.6 is 15.9 Å². The van der Waals surface area contributed by atoms with Crippen LogP contribution in [0.2, 0.25) is 0 Å². The first-order valence-corrected chi connectivity index (χ1v) is 4.81. The molecule has 68 valence electrons. The molecular weight excluding hydrogens is 232 g/mol. The molecule has 0 amide bonds. The molecule has 4 nitrogen and oxygen atoms in total. The Morgan fingerprint density at radius 3 is 3.00 bits per heavy atom. The summed E-state index contributed by atoms with van der Waals surface area (Å²) >= 11 is 3.28. The van der Waals surface area contributed by atoms with Gasteiger partial charge in [-0.15, -0.1) is 0 Å². The largest absolute Gasteiger partial charge is 0.382 e. The number of aryl methyl sites for hydroxylation is 1. The van der Waals surface area contributed by atoms with Crippen LogP contribution in [-0.2, 0) is 6.42 Å². The van der Waals surface area contributed by atoms with E-state index in [9.17, 15) is 0 Å². The topological polar surface area (TPSA) is 56.2 Å². The van der Waals surface area contributed by atoms with Gasteiger partial charge in [-0.3, -0.25) is 0 Å². The summed E-state index contributed by atoms with van der Waals surface area (Å²) in [6.07, 6.45) is 0.826. The molecule has 2 heterocycles. The molecule has 0 radical (unpaired) electrons. The lowest BCUT2D eigenvalue weighted by Gasteiger charge is -1.95. The molecular formula is C8H9BrN4. The summed E-state index contributed by atoms with van der Waals surface area (Å²) in [5.41, 5.74) is 7.52. The average Bonchev–Trinajstić information content (AvgIpc) is 2.44. The van der Waals surface area contributed by atoms with E-state index in [2.05, 4.69) is 26.0 Å². The van der Waals surface area contributed by atoms with Gasteiger partial charge in [0.1, 0.15) is 10.4 Å². The zero-order valence-corrected chi connectivity index (χ0v) is 8.74. The first-order chi connectivity index (χ1) is 6.22. The van der Waals surface area contributed by atoms with Gasteiger partial charge in [0.05, 0.1) is 5.69 Å². The lowest BCUT2D eigenvalue weighted by atomic mass is 10.3. The minimum absolute atomic E-state index is 0.624. The van der Waals surface area contributed by atoms with Crippen LogP contribution in [-0.4, -0.2) is 14.6 Å². The maximum Gasteiger partial charge on any atom is 0.156 e. The van der Waals surface area contributed by atoms with Gasteiger partial charge in [-0.2, -0.15) is 9.61 Å². The summed E-state index contributed by atoms with van der Waals surface area (Å²) < 4.78 is 2.40. The van der Waals surface area contributed by atoms with Crippen LogP contribution in [0.1, 0.15) is 12.6 Å². The summed E-state index contributed by atoms with van der Waals surface area (Å²) in [6.45, 7) is 2.02. The summed E-state index contributed by atoms with van der Waals surface area (Å²) in [7, 11) is 0. The van der Waals surface area contributed by atoms with Crippen molar-refractivity contribution in [1.82, 2.24) is 14.6 Å². The molecule has 0 saturated carbocycles. The smallest absolute Gasteiger partial charge is 0.156 e. The van der Waals surface area contributed by atoms with Gasteiger partial charge >= 0.3 is 0 Å². The highest BCUT2D eigenvalue weighted by molar-refractivity contribution is 9.10. The van der Waals surface area contributed by atoms with Gasteiger partial charge in [-0.1, -0.05) is 6.92 Å². The van der Waals surface area contributed by atoms with E-state index in [0.717, 1.165) is 22.4 Å². The molecule has 13 heavy (non-hydrogen) atoms. The molecule has 5 heteroatoms. The van der Waals surface area contributed by atoms with E-state index in [1.54, 1.807) is 4.52 Å². The number of halogens is 1. The average molecular weight is 241 g/mol. The van der Waals surface area contributed by atoms with Gasteiger partial charge < -0.3 is 5.73 Å². The number of nitrogens with two attached hydrogens (primary N) is 1. The minimum atomic E-state index is 0.624. The third-order valence-electron chi connectivity index (χ3n) is 1.89. The number of rotatable bonds is 1. The SMILES string of the molecule is CCc1nc2ccc(Br)nn2c1N. The number of hydrogen-bond donors (Lipinski definition) is 1. The van der Waals surface area contributed by atoms with Gasteiger partial charge in [0, 0.05) is 0 Å². The van der Waals surface area contributed by atoms with Gasteiger partial charge in [0.2, 0.25) is 0 Å². The Morgan fingerprint density at radius 2 is 2.31 bits per heavy atom. The number of nitrogens with zero attached hydrogens (tertiary/aromatic N) is 3. The van der Waals surface area contributed by atoms with Crippen molar-refractivity contribution in [2.75, 3.05) is 5.73 Å². The summed E-state index contributed by atoms with van der Waals surface area (Å²) in [6, 6.07) is 3.73. The van der Waals surface area contributed by atoms with Crippen molar-refractivity contribution in [2.45, 2.75) is 13.3 Å². The molecule has 2 N–H and O–H groups in total. The normalized spacial score (nSPS) is 10.9. The molecule has 2 aromatic heterocycles. The Labute approximate surface area is 83.9 Å². The highest BCUT2D eigenvalue weighted by Crippen LogP contribution is 2.15. The molecule has 0 aliphatic rings. The maximum atomic E-state index is 5.84. The molecule has 0 bridgehead atoms. The second kappa shape index (κ2) is 2.99. The molecule has 0 atom stereocenters. The number of hydrogen-bond acceptors (Lipinski definition) is 3. The summed E-state index contributed by atoms with van der Waals surface area (Å²) in [4.78, 5) is 4.33. The summed E-state index contributed by atoms with van der Waals surface area (Å²) in [5.74, 6) is 0.624. The minimum Gasteiger partial charge on any atom is -0.382 e. The highest BCUT2D eigenvalue weighted by Gasteiger charge is 2.07. The van der Waals surface area contributed by atoms with Crippen LogP contribution in [0.4, 0.5) is 5.82 Å². The van der Waals surface area contributed by atoms with Gasteiger partial charge in [0.15, 0.2) is 5.65 Å². The van der Waals surface area contributed by atoms with Crippen molar-refractivity contribution in [3.05, 3.63) is 22.4 Å². The van der Waals surface area contributed by atoms with Crippen molar-refractivity contribution in [2.24, 2.45) is 0 Å². The van der Waals surface area contributed by atoms with Crippen LogP contribution in [0, 0.1) is 0 Å². The van der Waals surface area contributed by atoms with E-state index in [1.807, 2.05) is 19.1 Å². The first kappa shape index (κ1) is 8.50. The van der Waals surface area contributed by atoms with Crippen molar-refractivity contribution in [3.63, 3.8) is 0 Å². The monoisotopic (exact) mass is 240 g/mol. The predicted octanol–water partition coefficient (Wildman–Crippen LogP) is 1.64. The molecule has 0 fully saturated rings. The lowest BCUT2D eigenvalue weighted by Crippen LogP contribution is -1.98. The molecule has 2 aromatic rings. The highest BCUT2D eigenvalue weighted by atomic mass is 79.9. The van der Waals surface area contributed by atoms with Crippen molar-refractivity contribution < 1.29 is 0 Å². The van der Waals surface area contributed by atoms with Crippen LogP contribution < -0.4 is 5.73 Å². The molecule has 0 saturated heterocycles. The van der Waals surface area contributed by atoms with E-state index < -0.39 is 0 Å². The van der Waals surface area contributed by atoms with E-state index in [0.29, 0.717) is 5.82 Å². The fourth-order valence-corrected chi connectivity index (χ4v) is 1.52. The summed E-state index contributed by atoms with van der Waals surface area (Å²) in [5, 5.41) is 4.19. The Morgan fingerprint density at radius 1 is 1.54 bits per heavy atom. The van der Waals surface area contributed by atoms with Crippen LogP contribution in [0.25, 0.3) is 5.65 Å². The van der Waals surface area contributed by atoms with Crippen LogP contribution in [0.5, 0.6) is 0 Å². The number of imidazole rings is 1. The lowest BCUT2D eigenvalue weighted by molar-refractivity contribution is 0.923. The van der Waals surface area contributed by atoms with E-state index in [-0.39, 0.29) is 0 Å². The molecule has 0 spiro atoms. The van der Waals surface area contributed by atoms with Crippen molar-refractivity contribution in [1.29, 1.82) is 0 Å². The van der Waals surface area contributed by atoms with Crippen molar-refractivity contribution >= 4 is 27.4 Å². The first-order valence-electron chi connectivity index (χ1n) is 4.02.